The fourth-order valence-electron chi connectivity index (χ4n) is 4.47. The first kappa shape index (κ1) is 23.3. The van der Waals surface area contributed by atoms with Crippen molar-refractivity contribution >= 4 is 11.6 Å². The topological polar surface area (TPSA) is 62.1 Å². The summed E-state index contributed by atoms with van der Waals surface area (Å²) < 4.78 is 16.6. The van der Waals surface area contributed by atoms with Crippen molar-refractivity contribution in [2.24, 2.45) is 0 Å². The molecule has 0 spiro atoms. The van der Waals surface area contributed by atoms with Gasteiger partial charge in [0.2, 0.25) is 5.95 Å². The Bertz CT molecular complexity index is 1060. The predicted molar refractivity (Wildman–Crippen MR) is 130 cm³/mol. The third-order valence-corrected chi connectivity index (χ3v) is 6.23. The molecule has 8 heteroatoms. The van der Waals surface area contributed by atoms with Crippen LogP contribution in [0.3, 0.4) is 0 Å². The molecule has 0 aliphatic carbocycles. The van der Waals surface area contributed by atoms with Crippen molar-refractivity contribution < 1.29 is 4.39 Å². The zero-order chi connectivity index (χ0) is 23.4. The van der Waals surface area contributed by atoms with Crippen LogP contribution in [0.4, 0.5) is 16.0 Å². The van der Waals surface area contributed by atoms with E-state index in [1.165, 1.54) is 24.7 Å². The highest BCUT2D eigenvalue weighted by Gasteiger charge is 2.18. The largest absolute Gasteiger partial charge is 0.324 e. The highest BCUT2D eigenvalue weighted by atomic mass is 19.1. The number of hydrogen-bond acceptors (Lipinski definition) is 6. The quantitative estimate of drug-likeness (QED) is 0.565. The lowest BCUT2D eigenvalue weighted by Crippen LogP contribution is -2.30. The first-order chi connectivity index (χ1) is 15.9. The average Bonchev–Trinajstić information content (AvgIpc) is 3.04. The summed E-state index contributed by atoms with van der Waals surface area (Å²) in [5.74, 6) is 0.729. The SMILES string of the molecule is CCN1CCCN(Cc2ccc(Nc3ncc(F)c(-c4cnc(C)n4C(C)C)n3)cc2)CC1. The molecule has 4 rings (SSSR count). The molecule has 1 aliphatic rings. The molecule has 0 atom stereocenters. The van der Waals surface area contributed by atoms with Gasteiger partial charge in [0, 0.05) is 31.4 Å². The first-order valence-corrected chi connectivity index (χ1v) is 11.8. The number of benzene rings is 1. The summed E-state index contributed by atoms with van der Waals surface area (Å²) >= 11 is 0. The Hall–Kier alpha value is -2.84. The second-order valence-electron chi connectivity index (χ2n) is 8.93. The van der Waals surface area contributed by atoms with Crippen LogP contribution in [-0.2, 0) is 6.54 Å². The van der Waals surface area contributed by atoms with Gasteiger partial charge in [-0.2, -0.15) is 0 Å². The van der Waals surface area contributed by atoms with Crippen molar-refractivity contribution in [3.63, 3.8) is 0 Å². The van der Waals surface area contributed by atoms with Gasteiger partial charge in [-0.25, -0.2) is 19.3 Å². The van der Waals surface area contributed by atoms with E-state index < -0.39 is 5.82 Å². The van der Waals surface area contributed by atoms with Crippen LogP contribution in [-0.4, -0.2) is 62.0 Å². The van der Waals surface area contributed by atoms with E-state index >= 15 is 0 Å². The lowest BCUT2D eigenvalue weighted by molar-refractivity contribution is 0.257. The summed E-state index contributed by atoms with van der Waals surface area (Å²) in [4.78, 5) is 18.0. The van der Waals surface area contributed by atoms with Gasteiger partial charge in [-0.3, -0.25) is 4.90 Å². The molecule has 1 saturated heterocycles. The molecule has 0 saturated carbocycles. The van der Waals surface area contributed by atoms with E-state index in [-0.39, 0.29) is 11.7 Å². The molecule has 1 fully saturated rings. The van der Waals surface area contributed by atoms with Gasteiger partial charge in [-0.15, -0.1) is 0 Å². The van der Waals surface area contributed by atoms with Gasteiger partial charge in [0.05, 0.1) is 18.1 Å². The molecule has 0 amide bonds. The van der Waals surface area contributed by atoms with Crippen LogP contribution in [0, 0.1) is 12.7 Å². The zero-order valence-electron chi connectivity index (χ0n) is 20.1. The molecule has 1 aromatic carbocycles. The van der Waals surface area contributed by atoms with Crippen LogP contribution in [0.2, 0.25) is 0 Å². The number of imidazole rings is 1. The molecular formula is C25H34FN7. The van der Waals surface area contributed by atoms with E-state index in [1.807, 2.05) is 37.5 Å². The Morgan fingerprint density at radius 2 is 1.73 bits per heavy atom. The lowest BCUT2D eigenvalue weighted by Gasteiger charge is -2.21. The lowest BCUT2D eigenvalue weighted by atomic mass is 10.2. The van der Waals surface area contributed by atoms with Gasteiger partial charge in [-0.05, 0) is 64.5 Å². The Morgan fingerprint density at radius 1 is 1.00 bits per heavy atom. The normalized spacial score (nSPS) is 15.7. The fraction of sp³-hybridized carbons (Fsp3) is 0.480. The predicted octanol–water partition coefficient (Wildman–Crippen LogP) is 4.64. The fourth-order valence-corrected chi connectivity index (χ4v) is 4.47. The van der Waals surface area contributed by atoms with Gasteiger partial charge in [-0.1, -0.05) is 19.1 Å². The maximum absolute atomic E-state index is 14.6. The highest BCUT2D eigenvalue weighted by molar-refractivity contribution is 5.60. The monoisotopic (exact) mass is 451 g/mol. The number of aryl methyl sites for hydroxylation is 1. The Balaban J connectivity index is 1.45. The van der Waals surface area contributed by atoms with Crippen LogP contribution >= 0.6 is 0 Å². The molecule has 0 unspecified atom stereocenters. The molecule has 7 nitrogen and oxygen atoms in total. The van der Waals surface area contributed by atoms with E-state index in [9.17, 15) is 4.39 Å². The van der Waals surface area contributed by atoms with Crippen molar-refractivity contribution in [1.29, 1.82) is 0 Å². The second kappa shape index (κ2) is 10.4. The Morgan fingerprint density at radius 3 is 2.45 bits per heavy atom. The van der Waals surface area contributed by atoms with Crippen molar-refractivity contribution in [2.45, 2.75) is 46.7 Å². The standard InChI is InChI=1S/C25H34FN7/c1-5-31-11-6-12-32(14-13-31)17-20-7-9-21(10-8-20)29-25-28-15-22(26)24(30-25)23-16-27-19(4)33(23)18(2)3/h7-10,15-16,18H,5-6,11-14,17H2,1-4H3,(H,28,29,30). The minimum atomic E-state index is -0.461. The molecule has 33 heavy (non-hydrogen) atoms. The number of likely N-dealkylation sites (N-methyl/N-ethyl adjacent to an activating group) is 1. The van der Waals surface area contributed by atoms with E-state index in [4.69, 9.17) is 0 Å². The summed E-state index contributed by atoms with van der Waals surface area (Å²) in [5.41, 5.74) is 3.06. The maximum atomic E-state index is 14.6. The van der Waals surface area contributed by atoms with Crippen LogP contribution in [0.1, 0.15) is 44.6 Å². The summed E-state index contributed by atoms with van der Waals surface area (Å²) in [5, 5.41) is 3.21. The van der Waals surface area contributed by atoms with Crippen molar-refractivity contribution in [2.75, 3.05) is 38.0 Å². The van der Waals surface area contributed by atoms with E-state index in [0.717, 1.165) is 44.2 Å². The number of anilines is 2. The Labute approximate surface area is 195 Å². The zero-order valence-corrected chi connectivity index (χ0v) is 20.1. The summed E-state index contributed by atoms with van der Waals surface area (Å²) in [6.07, 6.45) is 4.10. The highest BCUT2D eigenvalue weighted by Crippen LogP contribution is 2.26. The molecule has 3 heterocycles. The average molecular weight is 452 g/mol. The van der Waals surface area contributed by atoms with Gasteiger partial charge in [0.1, 0.15) is 11.5 Å². The summed E-state index contributed by atoms with van der Waals surface area (Å²) in [6, 6.07) is 8.47. The maximum Gasteiger partial charge on any atom is 0.227 e. The molecule has 1 aliphatic heterocycles. The molecule has 1 N–H and O–H groups in total. The van der Waals surface area contributed by atoms with Gasteiger partial charge in [0.25, 0.3) is 0 Å². The summed E-state index contributed by atoms with van der Waals surface area (Å²) in [6.45, 7) is 14.9. The molecule has 176 valence electrons. The number of rotatable bonds is 7. The third-order valence-electron chi connectivity index (χ3n) is 6.23. The molecule has 2 aromatic heterocycles. The van der Waals surface area contributed by atoms with Crippen LogP contribution in [0.5, 0.6) is 0 Å². The first-order valence-electron chi connectivity index (χ1n) is 11.8. The van der Waals surface area contributed by atoms with E-state index in [1.54, 1.807) is 6.20 Å². The molecule has 0 radical (unpaired) electrons. The van der Waals surface area contributed by atoms with E-state index in [2.05, 4.69) is 49.1 Å². The van der Waals surface area contributed by atoms with Crippen molar-refractivity contribution in [3.05, 3.63) is 53.9 Å². The van der Waals surface area contributed by atoms with Crippen LogP contribution < -0.4 is 5.32 Å². The number of halogens is 1. The molecule has 0 bridgehead atoms. The van der Waals surface area contributed by atoms with E-state index in [0.29, 0.717) is 11.6 Å². The van der Waals surface area contributed by atoms with Gasteiger partial charge >= 0.3 is 0 Å². The van der Waals surface area contributed by atoms with Crippen molar-refractivity contribution in [3.8, 4) is 11.4 Å². The number of nitrogens with zero attached hydrogens (tertiary/aromatic N) is 6. The second-order valence-corrected chi connectivity index (χ2v) is 8.93. The Kier molecular flexibility index (Phi) is 7.35. The minimum absolute atomic E-state index is 0.148. The van der Waals surface area contributed by atoms with Crippen LogP contribution in [0.25, 0.3) is 11.4 Å². The van der Waals surface area contributed by atoms with Crippen LogP contribution in [0.15, 0.2) is 36.7 Å². The number of nitrogens with one attached hydrogen (secondary N) is 1. The molecule has 3 aromatic rings. The summed E-state index contributed by atoms with van der Waals surface area (Å²) in [7, 11) is 0. The van der Waals surface area contributed by atoms with Gasteiger partial charge in [0.15, 0.2) is 5.82 Å². The minimum Gasteiger partial charge on any atom is -0.324 e. The third kappa shape index (κ3) is 5.57. The number of hydrogen-bond donors (Lipinski definition) is 1. The molecular weight excluding hydrogens is 417 g/mol. The van der Waals surface area contributed by atoms with Crippen molar-refractivity contribution in [1.82, 2.24) is 29.3 Å². The van der Waals surface area contributed by atoms with Gasteiger partial charge < -0.3 is 14.8 Å². The smallest absolute Gasteiger partial charge is 0.227 e. The number of aromatic nitrogens is 4.